The maximum absolute atomic E-state index is 13.3. The van der Waals surface area contributed by atoms with E-state index in [1.165, 1.54) is 11.1 Å². The first kappa shape index (κ1) is 31.5. The van der Waals surface area contributed by atoms with Crippen LogP contribution in [0.4, 0.5) is 17.1 Å². The van der Waals surface area contributed by atoms with Crippen LogP contribution in [0.5, 0.6) is 0 Å². The minimum atomic E-state index is -0.203. The minimum Gasteiger partial charge on any atom is -0.311 e. The summed E-state index contributed by atoms with van der Waals surface area (Å²) in [5, 5.41) is 1.92. The number of hydrogen-bond donors (Lipinski definition) is 0. The van der Waals surface area contributed by atoms with Gasteiger partial charge in [-0.25, -0.2) is 0 Å². The van der Waals surface area contributed by atoms with Crippen LogP contribution in [0.15, 0.2) is 127 Å². The maximum Gasteiger partial charge on any atom is 0.197 e. The number of nitrogens with zero attached hydrogens (tertiary/aromatic N) is 1. The van der Waals surface area contributed by atoms with Gasteiger partial charge in [0, 0.05) is 37.9 Å². The monoisotopic (exact) mass is 645 g/mol. The lowest BCUT2D eigenvalue weighted by Gasteiger charge is -2.28. The summed E-state index contributed by atoms with van der Waals surface area (Å²) in [6, 6.07) is 41.9. The van der Waals surface area contributed by atoms with Crippen LogP contribution >= 0.6 is 11.3 Å². The quantitative estimate of drug-likeness (QED) is 0.138. The predicted octanol–water partition coefficient (Wildman–Crippen LogP) is 12.1. The summed E-state index contributed by atoms with van der Waals surface area (Å²) >= 11 is 1.58. The number of rotatable bonds is 5. The predicted molar refractivity (Wildman–Crippen MR) is 202 cm³/mol. The summed E-state index contributed by atoms with van der Waals surface area (Å²) < 4.78 is 0. The fraction of sp³-hybridized carbons (Fsp3) is 0.182. The van der Waals surface area contributed by atoms with Gasteiger partial charge in [0.25, 0.3) is 0 Å². The molecule has 0 fully saturated rings. The van der Waals surface area contributed by atoms with Crippen molar-refractivity contribution in [2.24, 2.45) is 0 Å². The number of ketones is 2. The molecule has 0 saturated carbocycles. The number of fused-ring (bicyclic) bond motifs is 2. The summed E-state index contributed by atoms with van der Waals surface area (Å²) in [6.45, 7) is 13.4. The van der Waals surface area contributed by atoms with Crippen molar-refractivity contribution in [3.05, 3.63) is 154 Å². The van der Waals surface area contributed by atoms with Crippen LogP contribution in [0.25, 0.3) is 27.3 Å². The van der Waals surface area contributed by atoms with Crippen LogP contribution < -0.4 is 4.90 Å². The molecule has 0 saturated heterocycles. The van der Waals surface area contributed by atoms with Gasteiger partial charge in [-0.05, 0) is 105 Å². The molecule has 48 heavy (non-hydrogen) atoms. The molecule has 3 nitrogen and oxygen atoms in total. The van der Waals surface area contributed by atoms with Gasteiger partial charge in [0.15, 0.2) is 11.6 Å². The molecule has 0 amide bonds. The molecule has 6 aromatic rings. The zero-order valence-electron chi connectivity index (χ0n) is 28.3. The Bertz CT molecular complexity index is 2090. The number of anilines is 3. The van der Waals surface area contributed by atoms with Gasteiger partial charge < -0.3 is 4.90 Å². The molecule has 1 aromatic heterocycles. The van der Waals surface area contributed by atoms with E-state index < -0.39 is 0 Å². The van der Waals surface area contributed by atoms with Crippen molar-refractivity contribution in [2.75, 3.05) is 4.90 Å². The highest BCUT2D eigenvalue weighted by Crippen LogP contribution is 2.39. The number of hydrogen-bond acceptors (Lipinski definition) is 4. The fourth-order valence-electron chi connectivity index (χ4n) is 6.31. The van der Waals surface area contributed by atoms with Crippen molar-refractivity contribution < 1.29 is 9.59 Å². The van der Waals surface area contributed by atoms with E-state index >= 15 is 0 Å². The Kier molecular flexibility index (Phi) is 7.80. The Labute approximate surface area is 287 Å². The Hall–Kier alpha value is -5.06. The average molecular weight is 646 g/mol. The van der Waals surface area contributed by atoms with Crippen LogP contribution in [0.3, 0.4) is 0 Å². The lowest BCUT2D eigenvalue weighted by Crippen LogP contribution is -2.14. The highest BCUT2D eigenvalue weighted by molar-refractivity contribution is 7.16. The van der Waals surface area contributed by atoms with Crippen LogP contribution in [0.2, 0.25) is 0 Å². The van der Waals surface area contributed by atoms with Crippen molar-refractivity contribution in [1.29, 1.82) is 0 Å². The maximum atomic E-state index is 13.3. The Morgan fingerprint density at radius 1 is 0.542 bits per heavy atom. The molecule has 238 valence electrons. The SMILES string of the molecule is CC(C)(C)c1ccc(N(c2ccc(-c3ccc(C=C4C(=O)c5cc6ccccc6cc5C4=O)s3)cc2)c2ccc(C(C)(C)C)cc2)cc1. The van der Waals surface area contributed by atoms with Gasteiger partial charge in [-0.1, -0.05) is 102 Å². The lowest BCUT2D eigenvalue weighted by molar-refractivity contribution is 0.0990. The summed E-state index contributed by atoms with van der Waals surface area (Å²) in [7, 11) is 0. The first-order chi connectivity index (χ1) is 22.9. The van der Waals surface area contributed by atoms with E-state index in [0.717, 1.165) is 43.2 Å². The molecule has 0 unspecified atom stereocenters. The van der Waals surface area contributed by atoms with Crippen molar-refractivity contribution in [3.63, 3.8) is 0 Å². The third-order valence-corrected chi connectivity index (χ3v) is 10.3. The van der Waals surface area contributed by atoms with E-state index in [0.29, 0.717) is 11.1 Å². The molecule has 0 bridgehead atoms. The highest BCUT2D eigenvalue weighted by Gasteiger charge is 2.33. The van der Waals surface area contributed by atoms with E-state index in [1.807, 2.05) is 42.5 Å². The normalized spacial score (nSPS) is 13.2. The van der Waals surface area contributed by atoms with Gasteiger partial charge >= 0.3 is 0 Å². The van der Waals surface area contributed by atoms with Gasteiger partial charge in [0.2, 0.25) is 0 Å². The van der Waals surface area contributed by atoms with E-state index in [9.17, 15) is 9.59 Å². The molecule has 5 aromatic carbocycles. The molecule has 7 rings (SSSR count). The Morgan fingerprint density at radius 3 is 1.42 bits per heavy atom. The third-order valence-electron chi connectivity index (χ3n) is 9.17. The second-order valence-electron chi connectivity index (χ2n) is 14.6. The molecule has 0 aliphatic heterocycles. The summed E-state index contributed by atoms with van der Waals surface area (Å²) in [5.41, 5.74) is 8.30. The number of Topliss-reactive ketones (excluding diaryl/α,β-unsaturated/α-hetero) is 2. The number of allylic oxidation sites excluding steroid dienone is 1. The van der Waals surface area contributed by atoms with Gasteiger partial charge in [-0.15, -0.1) is 11.3 Å². The second kappa shape index (κ2) is 11.9. The van der Waals surface area contributed by atoms with Crippen molar-refractivity contribution in [3.8, 4) is 10.4 Å². The van der Waals surface area contributed by atoms with Gasteiger partial charge in [-0.3, -0.25) is 9.59 Å². The van der Waals surface area contributed by atoms with E-state index in [1.54, 1.807) is 17.4 Å². The minimum absolute atomic E-state index is 0.0752. The van der Waals surface area contributed by atoms with Crippen molar-refractivity contribution in [1.82, 2.24) is 0 Å². The standard InChI is InChI=1S/C44H39NO2S/c1-43(2,3)31-13-19-34(20-14-31)45(35-21-15-32(16-22-35)44(4,5)6)33-17-11-28(12-18-33)40-24-23-36(48-40)27-39-41(46)37-25-29-9-7-8-10-30(29)26-38(37)42(39)47/h7-27H,1-6H3. The van der Waals surface area contributed by atoms with Gasteiger partial charge in [0.05, 0.1) is 5.57 Å². The number of benzene rings is 5. The lowest BCUT2D eigenvalue weighted by atomic mass is 9.86. The van der Waals surface area contributed by atoms with Gasteiger partial charge in [-0.2, -0.15) is 0 Å². The molecule has 4 heteroatoms. The van der Waals surface area contributed by atoms with E-state index in [-0.39, 0.29) is 28.0 Å². The van der Waals surface area contributed by atoms with Gasteiger partial charge in [0.1, 0.15) is 0 Å². The van der Waals surface area contributed by atoms with E-state index in [4.69, 9.17) is 0 Å². The van der Waals surface area contributed by atoms with Crippen molar-refractivity contribution >= 4 is 56.8 Å². The largest absolute Gasteiger partial charge is 0.311 e. The van der Waals surface area contributed by atoms with Crippen molar-refractivity contribution in [2.45, 2.75) is 52.4 Å². The molecular formula is C44H39NO2S. The Morgan fingerprint density at radius 2 is 0.979 bits per heavy atom. The molecule has 0 N–H and O–H groups in total. The molecule has 1 aliphatic carbocycles. The molecular weight excluding hydrogens is 607 g/mol. The van der Waals surface area contributed by atoms with Crippen LogP contribution in [-0.2, 0) is 10.8 Å². The first-order valence-corrected chi connectivity index (χ1v) is 17.2. The number of carbonyl (C=O) groups excluding carboxylic acids is 2. The summed E-state index contributed by atoms with van der Waals surface area (Å²) in [4.78, 5) is 30.9. The van der Waals surface area contributed by atoms with E-state index in [2.05, 4.69) is 125 Å². The third kappa shape index (κ3) is 5.93. The fourth-order valence-corrected chi connectivity index (χ4v) is 7.27. The molecule has 0 spiro atoms. The molecule has 0 radical (unpaired) electrons. The molecule has 0 atom stereocenters. The number of thiophene rings is 1. The van der Waals surface area contributed by atoms with Crippen LogP contribution in [-0.4, -0.2) is 11.6 Å². The summed E-state index contributed by atoms with van der Waals surface area (Å²) in [6.07, 6.45) is 1.75. The highest BCUT2D eigenvalue weighted by atomic mass is 32.1. The summed E-state index contributed by atoms with van der Waals surface area (Å²) in [5.74, 6) is -0.405. The molecule has 1 aliphatic rings. The van der Waals surface area contributed by atoms with Crippen LogP contribution in [0.1, 0.15) is 78.3 Å². The first-order valence-electron chi connectivity index (χ1n) is 16.4. The van der Waals surface area contributed by atoms with Crippen LogP contribution in [0, 0.1) is 0 Å². The Balaban J connectivity index is 1.18. The zero-order valence-corrected chi connectivity index (χ0v) is 29.1. The number of carbonyl (C=O) groups is 2. The smallest absolute Gasteiger partial charge is 0.197 e. The topological polar surface area (TPSA) is 37.4 Å². The molecule has 1 heterocycles. The zero-order chi connectivity index (χ0) is 33.8. The second-order valence-corrected chi connectivity index (χ2v) is 15.8. The average Bonchev–Trinajstić information content (AvgIpc) is 3.63.